The Morgan fingerprint density at radius 2 is 1.64 bits per heavy atom. The molecule has 2 aromatic carbocycles. The van der Waals surface area contributed by atoms with Crippen LogP contribution in [0.5, 0.6) is 11.5 Å². The molecule has 0 aliphatic carbocycles. The van der Waals surface area contributed by atoms with Crippen LogP contribution in [-0.4, -0.2) is 59.7 Å². The summed E-state index contributed by atoms with van der Waals surface area (Å²) < 4.78 is 11.5. The van der Waals surface area contributed by atoms with Gasteiger partial charge in [0, 0.05) is 31.9 Å². The van der Waals surface area contributed by atoms with E-state index in [0.717, 1.165) is 5.69 Å². The van der Waals surface area contributed by atoms with Gasteiger partial charge in [0.15, 0.2) is 16.6 Å². The molecule has 2 aliphatic heterocycles. The van der Waals surface area contributed by atoms with Gasteiger partial charge in [0.25, 0.3) is 5.91 Å². The van der Waals surface area contributed by atoms with Crippen LogP contribution in [-0.2, 0) is 4.79 Å². The van der Waals surface area contributed by atoms with Gasteiger partial charge in [-0.2, -0.15) is 0 Å². The van der Waals surface area contributed by atoms with E-state index < -0.39 is 6.10 Å². The molecule has 146 valence electrons. The van der Waals surface area contributed by atoms with Crippen molar-refractivity contribution < 1.29 is 14.3 Å². The highest BCUT2D eigenvalue weighted by atomic mass is 32.1. The number of para-hydroxylation sites is 2. The van der Waals surface area contributed by atoms with Crippen molar-refractivity contribution in [3.63, 3.8) is 0 Å². The molecule has 7 heteroatoms. The molecule has 0 radical (unpaired) electrons. The largest absolute Gasteiger partial charge is 0.485 e. The van der Waals surface area contributed by atoms with E-state index in [1.807, 2.05) is 53.4 Å². The highest BCUT2D eigenvalue weighted by Crippen LogP contribution is 2.31. The molecule has 28 heavy (non-hydrogen) atoms. The average Bonchev–Trinajstić information content (AvgIpc) is 2.74. The highest BCUT2D eigenvalue weighted by Gasteiger charge is 2.33. The first-order chi connectivity index (χ1) is 13.6. The minimum atomic E-state index is -0.598. The molecule has 1 N–H and O–H groups in total. The van der Waals surface area contributed by atoms with E-state index in [0.29, 0.717) is 42.8 Å². The molecule has 0 spiro atoms. The Kier molecular flexibility index (Phi) is 5.34. The number of carbonyl (C=O) groups is 1. The summed E-state index contributed by atoms with van der Waals surface area (Å²) in [5, 5.41) is 3.95. The van der Waals surface area contributed by atoms with E-state index in [2.05, 4.69) is 17.1 Å². The molecule has 0 bridgehead atoms. The number of hydrogen-bond donors (Lipinski definition) is 1. The quantitative estimate of drug-likeness (QED) is 0.787. The van der Waals surface area contributed by atoms with Gasteiger partial charge >= 0.3 is 0 Å². The predicted octanol–water partition coefficient (Wildman–Crippen LogP) is 2.68. The van der Waals surface area contributed by atoms with E-state index in [-0.39, 0.29) is 12.5 Å². The predicted molar refractivity (Wildman–Crippen MR) is 112 cm³/mol. The van der Waals surface area contributed by atoms with Gasteiger partial charge in [0.05, 0.1) is 0 Å². The number of thiocarbonyl (C=S) groups is 1. The van der Waals surface area contributed by atoms with Crippen LogP contribution in [0.15, 0.2) is 48.5 Å². The molecule has 4 rings (SSSR count). The number of anilines is 1. The first-order valence-corrected chi connectivity index (χ1v) is 9.81. The number of hydrogen-bond acceptors (Lipinski definition) is 4. The molecule has 0 unspecified atom stereocenters. The Morgan fingerprint density at radius 1 is 1.00 bits per heavy atom. The van der Waals surface area contributed by atoms with E-state index >= 15 is 0 Å². The summed E-state index contributed by atoms with van der Waals surface area (Å²) in [7, 11) is 0. The summed E-state index contributed by atoms with van der Waals surface area (Å²) in [6.07, 6.45) is -0.598. The second-order valence-corrected chi connectivity index (χ2v) is 7.36. The van der Waals surface area contributed by atoms with Crippen molar-refractivity contribution >= 4 is 28.9 Å². The molecule has 6 nitrogen and oxygen atoms in total. The summed E-state index contributed by atoms with van der Waals surface area (Å²) >= 11 is 5.53. The molecule has 2 aliphatic rings. The van der Waals surface area contributed by atoms with Gasteiger partial charge in [0.2, 0.25) is 6.10 Å². The monoisotopic (exact) mass is 397 g/mol. The maximum atomic E-state index is 12.8. The number of nitrogens with zero attached hydrogens (tertiary/aromatic N) is 2. The standard InChI is InChI=1S/C21H23N3O3S/c1-15-6-8-16(9-7-15)22-21(28)24-12-10-23(11-13-24)20(25)19-14-26-17-4-2-3-5-18(17)27-19/h2-9,19H,10-14H2,1H3,(H,22,28)/t19-/m1/s1. The van der Waals surface area contributed by atoms with Crippen LogP contribution in [0.4, 0.5) is 5.69 Å². The Bertz CT molecular complexity index is 863. The first-order valence-electron chi connectivity index (χ1n) is 9.40. The Labute approximate surface area is 170 Å². The fourth-order valence-corrected chi connectivity index (χ4v) is 3.61. The molecule has 0 aromatic heterocycles. The van der Waals surface area contributed by atoms with E-state index in [1.54, 1.807) is 0 Å². The maximum Gasteiger partial charge on any atom is 0.267 e. The number of rotatable bonds is 2. The van der Waals surface area contributed by atoms with Crippen LogP contribution < -0.4 is 14.8 Å². The Hall–Kier alpha value is -2.80. The summed E-state index contributed by atoms with van der Waals surface area (Å²) in [5.74, 6) is 1.27. The topological polar surface area (TPSA) is 54.0 Å². The first kappa shape index (κ1) is 18.6. The number of aryl methyl sites for hydroxylation is 1. The van der Waals surface area contributed by atoms with Crippen molar-refractivity contribution in [3.05, 3.63) is 54.1 Å². The SMILES string of the molecule is Cc1ccc(NC(=S)N2CCN(C(=O)[C@H]3COc4ccccc4O3)CC2)cc1. The highest BCUT2D eigenvalue weighted by molar-refractivity contribution is 7.80. The van der Waals surface area contributed by atoms with Crippen LogP contribution in [0.25, 0.3) is 0 Å². The average molecular weight is 398 g/mol. The van der Waals surface area contributed by atoms with Crippen molar-refractivity contribution in [2.75, 3.05) is 38.1 Å². The summed E-state index contributed by atoms with van der Waals surface area (Å²) in [6.45, 7) is 4.88. The van der Waals surface area contributed by atoms with E-state index in [1.165, 1.54) is 5.56 Å². The fourth-order valence-electron chi connectivity index (χ4n) is 3.31. The van der Waals surface area contributed by atoms with Crippen molar-refractivity contribution in [2.24, 2.45) is 0 Å². The summed E-state index contributed by atoms with van der Waals surface area (Å²) in [6, 6.07) is 15.5. The third kappa shape index (κ3) is 4.04. The van der Waals surface area contributed by atoms with Crippen LogP contribution in [0.2, 0.25) is 0 Å². The lowest BCUT2D eigenvalue weighted by atomic mass is 10.2. The number of fused-ring (bicyclic) bond motifs is 1. The van der Waals surface area contributed by atoms with E-state index in [9.17, 15) is 4.79 Å². The zero-order valence-electron chi connectivity index (χ0n) is 15.8. The summed E-state index contributed by atoms with van der Waals surface area (Å²) in [5.41, 5.74) is 2.18. The van der Waals surface area contributed by atoms with Gasteiger partial charge in [-0.3, -0.25) is 4.79 Å². The lowest BCUT2D eigenvalue weighted by Gasteiger charge is -2.38. The second-order valence-electron chi connectivity index (χ2n) is 6.97. The summed E-state index contributed by atoms with van der Waals surface area (Å²) in [4.78, 5) is 16.7. The van der Waals surface area contributed by atoms with Crippen LogP contribution in [0.1, 0.15) is 5.56 Å². The van der Waals surface area contributed by atoms with Crippen molar-refractivity contribution in [2.45, 2.75) is 13.0 Å². The smallest absolute Gasteiger partial charge is 0.267 e. The molecule has 0 saturated carbocycles. The van der Waals surface area contributed by atoms with Gasteiger partial charge in [-0.1, -0.05) is 29.8 Å². The molecule has 2 aromatic rings. The van der Waals surface area contributed by atoms with Crippen molar-refractivity contribution in [1.82, 2.24) is 9.80 Å². The normalized spacial score (nSPS) is 18.5. The van der Waals surface area contributed by atoms with Crippen LogP contribution in [0, 0.1) is 6.92 Å². The third-order valence-corrected chi connectivity index (χ3v) is 5.33. The number of ether oxygens (including phenoxy) is 2. The van der Waals surface area contributed by atoms with Crippen molar-refractivity contribution in [1.29, 1.82) is 0 Å². The van der Waals surface area contributed by atoms with Crippen LogP contribution in [0.3, 0.4) is 0 Å². The number of benzene rings is 2. The second kappa shape index (κ2) is 8.06. The number of carbonyl (C=O) groups excluding carboxylic acids is 1. The van der Waals surface area contributed by atoms with Gasteiger partial charge in [0.1, 0.15) is 6.61 Å². The lowest BCUT2D eigenvalue weighted by molar-refractivity contribution is -0.142. The molecule has 1 atom stereocenters. The molecular formula is C21H23N3O3S. The van der Waals surface area contributed by atoms with E-state index in [4.69, 9.17) is 21.7 Å². The van der Waals surface area contributed by atoms with Crippen LogP contribution >= 0.6 is 12.2 Å². The minimum absolute atomic E-state index is 0.0356. The van der Waals surface area contributed by atoms with Crippen molar-refractivity contribution in [3.8, 4) is 11.5 Å². The Morgan fingerprint density at radius 3 is 2.36 bits per heavy atom. The zero-order chi connectivity index (χ0) is 19.5. The third-order valence-electron chi connectivity index (χ3n) is 4.97. The number of nitrogens with one attached hydrogen (secondary N) is 1. The molecular weight excluding hydrogens is 374 g/mol. The Balaban J connectivity index is 1.29. The lowest BCUT2D eigenvalue weighted by Crippen LogP contribution is -2.55. The molecule has 1 fully saturated rings. The molecule has 2 heterocycles. The van der Waals surface area contributed by atoms with Gasteiger partial charge in [-0.15, -0.1) is 0 Å². The molecule has 1 amide bonds. The zero-order valence-corrected chi connectivity index (χ0v) is 16.6. The minimum Gasteiger partial charge on any atom is -0.485 e. The van der Waals surface area contributed by atoms with Gasteiger partial charge in [-0.05, 0) is 43.4 Å². The number of amides is 1. The fraction of sp³-hybridized carbons (Fsp3) is 0.333. The van der Waals surface area contributed by atoms with Gasteiger partial charge < -0.3 is 24.6 Å². The number of piperazine rings is 1. The van der Waals surface area contributed by atoms with Gasteiger partial charge in [-0.25, -0.2) is 0 Å². The molecule has 1 saturated heterocycles. The maximum absolute atomic E-state index is 12.8.